The number of aromatic nitrogens is 3. The van der Waals surface area contributed by atoms with Crippen LogP contribution in [0.2, 0.25) is 0 Å². The number of aromatic amines is 2. The molecule has 4 rings (SSSR count). The maximum Gasteiger partial charge on any atom is 0.253 e. The third kappa shape index (κ3) is 3.44. The van der Waals surface area contributed by atoms with E-state index in [0.717, 1.165) is 35.1 Å². The van der Waals surface area contributed by atoms with Gasteiger partial charge in [-0.25, -0.2) is 0 Å². The molecule has 0 spiro atoms. The smallest absolute Gasteiger partial charge is 0.253 e. The average Bonchev–Trinajstić information content (AvgIpc) is 3.26. The summed E-state index contributed by atoms with van der Waals surface area (Å²) >= 11 is 0. The second kappa shape index (κ2) is 7.09. The molecule has 148 valence electrons. The van der Waals surface area contributed by atoms with E-state index in [2.05, 4.69) is 35.1 Å². The van der Waals surface area contributed by atoms with Crippen LogP contribution < -0.4 is 0 Å². The number of benzene rings is 1. The van der Waals surface area contributed by atoms with Crippen LogP contribution in [-0.2, 0) is 17.6 Å². The Bertz CT molecular complexity index is 1010. The Hall–Kier alpha value is -2.60. The van der Waals surface area contributed by atoms with Crippen molar-refractivity contribution in [2.75, 3.05) is 27.3 Å². The SMILES string of the molecule is COCCN(C)C(=O)c1ccc2[nH]c(-c3n[nH]c4c3CCC(C)(C)C4)cc2c1. The molecule has 2 aromatic heterocycles. The minimum Gasteiger partial charge on any atom is -0.383 e. The highest BCUT2D eigenvalue weighted by Gasteiger charge is 2.29. The molecule has 1 aliphatic rings. The molecule has 0 saturated carbocycles. The first-order valence-corrected chi connectivity index (χ1v) is 9.81. The zero-order valence-corrected chi connectivity index (χ0v) is 17.1. The Balaban J connectivity index is 1.63. The van der Waals surface area contributed by atoms with Crippen LogP contribution in [0, 0.1) is 5.41 Å². The fourth-order valence-corrected chi connectivity index (χ4v) is 4.01. The van der Waals surface area contributed by atoms with E-state index in [1.54, 1.807) is 19.1 Å². The standard InChI is InChI=1S/C22H28N4O2/c1-22(2)8-7-16-19(13-22)24-25-20(16)18-12-15-11-14(5-6-17(15)23-18)21(27)26(3)9-10-28-4/h5-6,11-12,23H,7-10,13H2,1-4H3,(H,24,25). The third-order valence-corrected chi connectivity index (χ3v) is 5.76. The predicted molar refractivity (Wildman–Crippen MR) is 111 cm³/mol. The zero-order chi connectivity index (χ0) is 19.9. The molecule has 28 heavy (non-hydrogen) atoms. The average molecular weight is 380 g/mol. The Kier molecular flexibility index (Phi) is 4.75. The van der Waals surface area contributed by atoms with Crippen LogP contribution in [0.5, 0.6) is 0 Å². The number of rotatable bonds is 5. The molecule has 0 fully saturated rings. The van der Waals surface area contributed by atoms with Gasteiger partial charge in [-0.05, 0) is 48.9 Å². The Morgan fingerprint density at radius 1 is 1.32 bits per heavy atom. The summed E-state index contributed by atoms with van der Waals surface area (Å²) in [7, 11) is 3.44. The lowest BCUT2D eigenvalue weighted by Crippen LogP contribution is -2.29. The van der Waals surface area contributed by atoms with Crippen molar-refractivity contribution in [2.24, 2.45) is 5.41 Å². The molecule has 3 aromatic rings. The summed E-state index contributed by atoms with van der Waals surface area (Å²) in [6.45, 7) is 5.71. The van der Waals surface area contributed by atoms with Gasteiger partial charge in [0.15, 0.2) is 0 Å². The number of carbonyl (C=O) groups is 1. The van der Waals surface area contributed by atoms with Crippen molar-refractivity contribution < 1.29 is 9.53 Å². The third-order valence-electron chi connectivity index (χ3n) is 5.76. The highest BCUT2D eigenvalue weighted by Crippen LogP contribution is 2.38. The maximum absolute atomic E-state index is 12.6. The minimum atomic E-state index is 0.00100. The van der Waals surface area contributed by atoms with Crippen molar-refractivity contribution in [3.05, 3.63) is 41.1 Å². The van der Waals surface area contributed by atoms with Crippen molar-refractivity contribution in [1.82, 2.24) is 20.1 Å². The van der Waals surface area contributed by atoms with Crippen LogP contribution >= 0.6 is 0 Å². The number of H-pyrrole nitrogens is 2. The van der Waals surface area contributed by atoms with Gasteiger partial charge in [0.05, 0.1) is 12.3 Å². The maximum atomic E-state index is 12.6. The van der Waals surface area contributed by atoms with Crippen molar-refractivity contribution in [3.63, 3.8) is 0 Å². The van der Waals surface area contributed by atoms with Gasteiger partial charge in [0.2, 0.25) is 0 Å². The lowest BCUT2D eigenvalue weighted by atomic mass is 9.76. The molecule has 0 atom stereocenters. The van der Waals surface area contributed by atoms with Crippen LogP contribution in [0.4, 0.5) is 0 Å². The summed E-state index contributed by atoms with van der Waals surface area (Å²) in [4.78, 5) is 17.8. The van der Waals surface area contributed by atoms with E-state index in [1.165, 1.54) is 17.7 Å². The molecule has 6 heteroatoms. The molecule has 1 amide bonds. The van der Waals surface area contributed by atoms with Gasteiger partial charge in [-0.2, -0.15) is 5.10 Å². The largest absolute Gasteiger partial charge is 0.383 e. The first kappa shape index (κ1) is 18.7. The number of nitrogens with one attached hydrogen (secondary N) is 2. The van der Waals surface area contributed by atoms with Crippen molar-refractivity contribution in [1.29, 1.82) is 0 Å². The first-order chi connectivity index (χ1) is 13.4. The Labute approximate surface area is 165 Å². The van der Waals surface area contributed by atoms with E-state index in [0.29, 0.717) is 24.1 Å². The molecule has 2 N–H and O–H groups in total. The number of likely N-dealkylation sites (N-methyl/N-ethyl adjacent to an activating group) is 1. The molecule has 0 radical (unpaired) electrons. The lowest BCUT2D eigenvalue weighted by Gasteiger charge is -2.28. The fraction of sp³-hybridized carbons (Fsp3) is 0.455. The van der Waals surface area contributed by atoms with E-state index in [9.17, 15) is 4.79 Å². The number of amides is 1. The highest BCUT2D eigenvalue weighted by atomic mass is 16.5. The van der Waals surface area contributed by atoms with Gasteiger partial charge in [-0.1, -0.05) is 13.8 Å². The van der Waals surface area contributed by atoms with Gasteiger partial charge < -0.3 is 14.6 Å². The second-order valence-corrected chi connectivity index (χ2v) is 8.57. The number of hydrogen-bond acceptors (Lipinski definition) is 3. The number of fused-ring (bicyclic) bond motifs is 2. The van der Waals surface area contributed by atoms with Crippen molar-refractivity contribution >= 4 is 16.8 Å². The highest BCUT2D eigenvalue weighted by molar-refractivity contribution is 5.99. The topological polar surface area (TPSA) is 74.0 Å². The van der Waals surface area contributed by atoms with Crippen molar-refractivity contribution in [3.8, 4) is 11.4 Å². The molecule has 6 nitrogen and oxygen atoms in total. The van der Waals surface area contributed by atoms with E-state index in [1.807, 2.05) is 18.2 Å². The molecular weight excluding hydrogens is 352 g/mol. The van der Waals surface area contributed by atoms with Gasteiger partial charge in [0, 0.05) is 48.4 Å². The van der Waals surface area contributed by atoms with E-state index in [-0.39, 0.29) is 5.91 Å². The van der Waals surface area contributed by atoms with Gasteiger partial charge in [-0.15, -0.1) is 0 Å². The molecule has 0 saturated heterocycles. The first-order valence-electron chi connectivity index (χ1n) is 9.81. The fourth-order valence-electron chi connectivity index (χ4n) is 4.01. The number of nitrogens with zero attached hydrogens (tertiary/aromatic N) is 2. The minimum absolute atomic E-state index is 0.00100. The lowest BCUT2D eigenvalue weighted by molar-refractivity contribution is 0.0744. The predicted octanol–water partition coefficient (Wildman–Crippen LogP) is 3.79. The number of methoxy groups -OCH3 is 1. The summed E-state index contributed by atoms with van der Waals surface area (Å²) in [5.41, 5.74) is 6.60. The quantitative estimate of drug-likeness (QED) is 0.707. The van der Waals surface area contributed by atoms with Gasteiger partial charge in [-0.3, -0.25) is 9.89 Å². The van der Waals surface area contributed by atoms with E-state index < -0.39 is 0 Å². The molecule has 0 bridgehead atoms. The van der Waals surface area contributed by atoms with Crippen LogP contribution in [-0.4, -0.2) is 53.3 Å². The molecule has 2 heterocycles. The van der Waals surface area contributed by atoms with E-state index >= 15 is 0 Å². The molecule has 0 unspecified atom stereocenters. The monoisotopic (exact) mass is 380 g/mol. The second-order valence-electron chi connectivity index (χ2n) is 8.57. The summed E-state index contributed by atoms with van der Waals surface area (Å²) in [5.74, 6) is 0.00100. The van der Waals surface area contributed by atoms with Crippen LogP contribution in [0.3, 0.4) is 0 Å². The van der Waals surface area contributed by atoms with Gasteiger partial charge in [0.1, 0.15) is 5.69 Å². The van der Waals surface area contributed by atoms with Crippen LogP contribution in [0.15, 0.2) is 24.3 Å². The summed E-state index contributed by atoms with van der Waals surface area (Å²) in [6, 6.07) is 7.88. The Morgan fingerprint density at radius 2 is 2.14 bits per heavy atom. The van der Waals surface area contributed by atoms with Crippen LogP contribution in [0.1, 0.15) is 41.9 Å². The normalized spacial score (nSPS) is 15.6. The van der Waals surface area contributed by atoms with Gasteiger partial charge >= 0.3 is 0 Å². The van der Waals surface area contributed by atoms with Gasteiger partial charge in [0.25, 0.3) is 5.91 Å². The molecule has 0 aliphatic heterocycles. The summed E-state index contributed by atoms with van der Waals surface area (Å²) in [6.07, 6.45) is 3.23. The molecule has 1 aromatic carbocycles. The molecule has 1 aliphatic carbocycles. The number of ether oxygens (including phenoxy) is 1. The zero-order valence-electron chi connectivity index (χ0n) is 17.1. The molecular formula is C22H28N4O2. The van der Waals surface area contributed by atoms with E-state index in [4.69, 9.17) is 4.74 Å². The summed E-state index contributed by atoms with van der Waals surface area (Å²) < 4.78 is 5.06. The summed E-state index contributed by atoms with van der Waals surface area (Å²) in [5, 5.41) is 8.87. The van der Waals surface area contributed by atoms with Crippen LogP contribution in [0.25, 0.3) is 22.3 Å². The number of carbonyl (C=O) groups excluding carboxylic acids is 1. The number of hydrogen-bond donors (Lipinski definition) is 2. The Morgan fingerprint density at radius 3 is 2.93 bits per heavy atom. The van der Waals surface area contributed by atoms with Crippen molar-refractivity contribution in [2.45, 2.75) is 33.1 Å².